The second kappa shape index (κ2) is 11.5. The Morgan fingerprint density at radius 3 is 2.26 bits per heavy atom. The first-order valence-corrected chi connectivity index (χ1v) is 12.0. The maximum Gasteiger partial charge on any atom is 0.547 e. The van der Waals surface area contributed by atoms with E-state index in [-0.39, 0.29) is 17.5 Å². The normalized spacial score (nSPS) is 14.8. The first kappa shape index (κ1) is 30.0. The summed E-state index contributed by atoms with van der Waals surface area (Å²) in [6, 6.07) is 2.80. The zero-order valence-corrected chi connectivity index (χ0v) is 21.4. The largest absolute Gasteiger partial charge is 0.547 e. The number of phenols is 2. The maximum absolute atomic E-state index is 14.5. The standard InChI is InChI=1S/C25H17BClF3N2O10/c27-18-16(13(30)7-14(33)20(18)34)22(35)32-19(8-1-3-10(24(37)38)12(29)5-8)23(36)31-15-6-9-2-4-11(28)17(25(39)40)21(9)42-26(15)41/h1-5,7,15,19,33-34,41H,6H2,(H,31,36)(H,32,35)(H,37,38)(H,39,40)/t15-,19?/m0/s1. The van der Waals surface area contributed by atoms with Crippen molar-refractivity contribution in [2.45, 2.75) is 18.4 Å². The van der Waals surface area contributed by atoms with Gasteiger partial charge in [-0.1, -0.05) is 23.7 Å². The number of carbonyl (C=O) groups is 4. The van der Waals surface area contributed by atoms with Gasteiger partial charge in [0.2, 0.25) is 5.91 Å². The fraction of sp³-hybridized carbons (Fsp3) is 0.120. The number of carboxylic acids is 2. The summed E-state index contributed by atoms with van der Waals surface area (Å²) >= 11 is 5.80. The molecular formula is C25H17BClF3N2O10. The third kappa shape index (κ3) is 5.62. The molecule has 1 unspecified atom stereocenters. The van der Waals surface area contributed by atoms with Crippen molar-refractivity contribution >= 4 is 42.5 Å². The number of carbonyl (C=O) groups excluding carboxylic acids is 2. The summed E-state index contributed by atoms with van der Waals surface area (Å²) in [5, 5.41) is 51.7. The van der Waals surface area contributed by atoms with E-state index < -0.39 is 99.3 Å². The van der Waals surface area contributed by atoms with E-state index in [1.54, 1.807) is 0 Å². The van der Waals surface area contributed by atoms with Gasteiger partial charge in [0, 0.05) is 6.07 Å². The van der Waals surface area contributed by atoms with E-state index in [4.69, 9.17) is 21.4 Å². The Labute approximate surface area is 238 Å². The van der Waals surface area contributed by atoms with Gasteiger partial charge in [-0.25, -0.2) is 22.8 Å². The molecule has 0 aromatic heterocycles. The van der Waals surface area contributed by atoms with Crippen molar-refractivity contribution in [2.75, 3.05) is 0 Å². The smallest absolute Gasteiger partial charge is 0.534 e. The lowest BCUT2D eigenvalue weighted by atomic mass is 9.72. The van der Waals surface area contributed by atoms with Crippen LogP contribution in [0, 0.1) is 17.5 Å². The predicted molar refractivity (Wildman–Crippen MR) is 136 cm³/mol. The SMILES string of the molecule is O=C(O)c1ccc(C(NC(=O)c2c(F)cc(O)c(O)c2Cl)C(=O)N[C@H]2Cc3ccc(F)c(C(=O)O)c3OB2O)cc1F. The molecule has 2 amide bonds. The van der Waals surface area contributed by atoms with Gasteiger partial charge in [-0.05, 0) is 35.7 Å². The van der Waals surface area contributed by atoms with Crippen LogP contribution >= 0.6 is 11.6 Å². The number of rotatable bonds is 7. The molecule has 12 nitrogen and oxygen atoms in total. The highest BCUT2D eigenvalue weighted by Crippen LogP contribution is 2.38. The lowest BCUT2D eigenvalue weighted by Gasteiger charge is -2.30. The number of nitrogens with one attached hydrogen (secondary N) is 2. The summed E-state index contributed by atoms with van der Waals surface area (Å²) in [4.78, 5) is 49.1. The van der Waals surface area contributed by atoms with Crippen LogP contribution in [0.5, 0.6) is 17.2 Å². The van der Waals surface area contributed by atoms with Gasteiger partial charge in [-0.15, -0.1) is 0 Å². The van der Waals surface area contributed by atoms with Gasteiger partial charge < -0.3 is 40.7 Å². The Morgan fingerprint density at radius 1 is 0.952 bits per heavy atom. The summed E-state index contributed by atoms with van der Waals surface area (Å²) in [6.07, 6.45) is -0.304. The summed E-state index contributed by atoms with van der Waals surface area (Å²) in [7, 11) is -1.94. The van der Waals surface area contributed by atoms with Crippen molar-refractivity contribution < 1.29 is 62.5 Å². The number of benzene rings is 3. The number of carboxylic acid groups (broad SMARTS) is 2. The van der Waals surface area contributed by atoms with Crippen LogP contribution in [0.3, 0.4) is 0 Å². The molecule has 1 aliphatic heterocycles. The molecular weight excluding hydrogens is 592 g/mol. The van der Waals surface area contributed by atoms with Crippen LogP contribution in [0.25, 0.3) is 0 Å². The zero-order chi connectivity index (χ0) is 31.0. The Balaban J connectivity index is 1.69. The molecule has 0 saturated heterocycles. The number of amides is 2. The molecule has 0 saturated carbocycles. The molecule has 0 bridgehead atoms. The minimum atomic E-state index is -1.94. The molecule has 7 N–H and O–H groups in total. The predicted octanol–water partition coefficient (Wildman–Crippen LogP) is 2.18. The molecule has 3 aromatic rings. The number of phenolic OH excluding ortho intramolecular Hbond substituents is 2. The summed E-state index contributed by atoms with van der Waals surface area (Å²) < 4.78 is 48.3. The van der Waals surface area contributed by atoms with Crippen molar-refractivity contribution in [1.29, 1.82) is 0 Å². The lowest BCUT2D eigenvalue weighted by molar-refractivity contribution is -0.123. The van der Waals surface area contributed by atoms with Crippen LogP contribution in [0.2, 0.25) is 5.02 Å². The van der Waals surface area contributed by atoms with Crippen LogP contribution in [0.1, 0.15) is 48.2 Å². The minimum Gasteiger partial charge on any atom is -0.534 e. The first-order valence-electron chi connectivity index (χ1n) is 11.6. The van der Waals surface area contributed by atoms with Crippen LogP contribution in [0.4, 0.5) is 13.2 Å². The first-order chi connectivity index (χ1) is 19.7. The van der Waals surface area contributed by atoms with Crippen LogP contribution in [-0.2, 0) is 11.2 Å². The molecule has 17 heteroatoms. The Hall–Kier alpha value is -4.96. The second-order valence-electron chi connectivity index (χ2n) is 8.91. The van der Waals surface area contributed by atoms with E-state index >= 15 is 0 Å². The molecule has 1 heterocycles. The lowest BCUT2D eigenvalue weighted by Crippen LogP contribution is -2.55. The monoisotopic (exact) mass is 608 g/mol. The average molecular weight is 609 g/mol. The van der Waals surface area contributed by atoms with Gasteiger partial charge >= 0.3 is 19.1 Å². The number of aromatic carboxylic acids is 2. The summed E-state index contributed by atoms with van der Waals surface area (Å²) in [6.45, 7) is 0. The minimum absolute atomic E-state index is 0.0789. The van der Waals surface area contributed by atoms with E-state index in [0.717, 1.165) is 24.3 Å². The molecule has 2 atom stereocenters. The van der Waals surface area contributed by atoms with Crippen molar-refractivity contribution in [3.63, 3.8) is 0 Å². The number of halogens is 4. The molecule has 1 aliphatic rings. The maximum atomic E-state index is 14.5. The second-order valence-corrected chi connectivity index (χ2v) is 9.29. The van der Waals surface area contributed by atoms with Crippen molar-refractivity contribution in [3.05, 3.63) is 86.7 Å². The molecule has 218 valence electrons. The van der Waals surface area contributed by atoms with Gasteiger partial charge in [0.05, 0.1) is 17.1 Å². The van der Waals surface area contributed by atoms with Gasteiger partial charge in [0.1, 0.15) is 39.8 Å². The van der Waals surface area contributed by atoms with Crippen molar-refractivity contribution in [3.8, 4) is 17.2 Å². The van der Waals surface area contributed by atoms with E-state index in [1.807, 2.05) is 0 Å². The third-order valence-corrected chi connectivity index (χ3v) is 6.61. The Kier molecular flexibility index (Phi) is 8.22. The molecule has 0 spiro atoms. The molecule has 3 aromatic carbocycles. The molecule has 0 radical (unpaired) electrons. The van der Waals surface area contributed by atoms with Crippen molar-refractivity contribution in [2.24, 2.45) is 0 Å². The van der Waals surface area contributed by atoms with Crippen LogP contribution < -0.4 is 15.3 Å². The number of fused-ring (bicyclic) bond motifs is 1. The molecule has 0 fully saturated rings. The zero-order valence-electron chi connectivity index (χ0n) is 20.7. The fourth-order valence-electron chi connectivity index (χ4n) is 4.22. The van der Waals surface area contributed by atoms with Gasteiger partial charge in [0.15, 0.2) is 11.5 Å². The van der Waals surface area contributed by atoms with E-state index in [2.05, 4.69) is 10.6 Å². The fourth-order valence-corrected chi connectivity index (χ4v) is 4.49. The summed E-state index contributed by atoms with van der Waals surface area (Å²) in [5.41, 5.74) is -2.92. The highest BCUT2D eigenvalue weighted by Gasteiger charge is 2.40. The topological polar surface area (TPSA) is 203 Å². The highest BCUT2D eigenvalue weighted by atomic mass is 35.5. The van der Waals surface area contributed by atoms with Gasteiger partial charge in [0.25, 0.3) is 5.91 Å². The third-order valence-electron chi connectivity index (χ3n) is 6.25. The number of hydrogen-bond donors (Lipinski definition) is 7. The van der Waals surface area contributed by atoms with Crippen LogP contribution in [0.15, 0.2) is 36.4 Å². The van der Waals surface area contributed by atoms with Gasteiger partial charge in [-0.3, -0.25) is 9.59 Å². The van der Waals surface area contributed by atoms with E-state index in [9.17, 15) is 52.7 Å². The van der Waals surface area contributed by atoms with Crippen LogP contribution in [-0.4, -0.2) is 62.3 Å². The number of hydrogen-bond acceptors (Lipinski definition) is 8. The molecule has 42 heavy (non-hydrogen) atoms. The van der Waals surface area contributed by atoms with Crippen molar-refractivity contribution in [1.82, 2.24) is 10.6 Å². The van der Waals surface area contributed by atoms with Gasteiger partial charge in [-0.2, -0.15) is 0 Å². The molecule has 0 aliphatic carbocycles. The number of aromatic hydroxyl groups is 2. The average Bonchev–Trinajstić information content (AvgIpc) is 2.90. The Morgan fingerprint density at radius 2 is 1.64 bits per heavy atom. The summed E-state index contributed by atoms with van der Waals surface area (Å²) in [5.74, 6) is -13.7. The van der Waals surface area contributed by atoms with E-state index in [1.165, 1.54) is 0 Å². The highest BCUT2D eigenvalue weighted by molar-refractivity contribution is 6.47. The molecule has 4 rings (SSSR count). The quantitative estimate of drug-likeness (QED) is 0.154. The Bertz CT molecular complexity index is 1660. The van der Waals surface area contributed by atoms with E-state index in [0.29, 0.717) is 12.1 Å².